The summed E-state index contributed by atoms with van der Waals surface area (Å²) in [6.45, 7) is 6.70. The van der Waals surface area contributed by atoms with E-state index in [1.807, 2.05) is 42.6 Å². The number of hydrogen-bond acceptors (Lipinski definition) is 6. The van der Waals surface area contributed by atoms with Gasteiger partial charge in [-0.15, -0.1) is 11.3 Å². The highest BCUT2D eigenvalue weighted by Crippen LogP contribution is 2.37. The number of methoxy groups -OCH3 is 1. The molecular formula is C26H26N2O4S. The van der Waals surface area contributed by atoms with Crippen molar-refractivity contribution in [3.8, 4) is 11.5 Å². The Hall–Kier alpha value is -3.58. The van der Waals surface area contributed by atoms with Crippen LogP contribution in [0.5, 0.6) is 11.5 Å². The third-order valence-electron chi connectivity index (χ3n) is 5.14. The van der Waals surface area contributed by atoms with Gasteiger partial charge in [0.25, 0.3) is 11.8 Å². The molecule has 0 atom stereocenters. The van der Waals surface area contributed by atoms with Crippen molar-refractivity contribution < 1.29 is 19.1 Å². The molecule has 0 saturated carbocycles. The van der Waals surface area contributed by atoms with Crippen LogP contribution in [0.15, 0.2) is 65.7 Å². The molecule has 33 heavy (non-hydrogen) atoms. The molecule has 0 radical (unpaired) electrons. The first kappa shape index (κ1) is 22.6. The van der Waals surface area contributed by atoms with Crippen LogP contribution < -0.4 is 19.7 Å². The second-order valence-corrected chi connectivity index (χ2v) is 9.15. The third-order valence-corrected chi connectivity index (χ3v) is 6.03. The number of nitrogens with one attached hydrogen (secondary N) is 1. The maximum Gasteiger partial charge on any atom is 0.282 e. The fourth-order valence-electron chi connectivity index (χ4n) is 3.54. The summed E-state index contributed by atoms with van der Waals surface area (Å²) in [4.78, 5) is 28.9. The lowest BCUT2D eigenvalue weighted by atomic mass is 10.1. The van der Waals surface area contributed by atoms with E-state index < -0.39 is 5.91 Å². The predicted molar refractivity (Wildman–Crippen MR) is 132 cm³/mol. The van der Waals surface area contributed by atoms with Crippen molar-refractivity contribution >= 4 is 40.1 Å². The van der Waals surface area contributed by atoms with E-state index in [1.165, 1.54) is 16.2 Å². The highest BCUT2D eigenvalue weighted by Gasteiger charge is 2.41. The van der Waals surface area contributed by atoms with E-state index in [4.69, 9.17) is 9.47 Å². The number of hydrogen-bond donors (Lipinski definition) is 1. The van der Waals surface area contributed by atoms with Crippen LogP contribution in [0.2, 0.25) is 0 Å². The Morgan fingerprint density at radius 3 is 2.42 bits per heavy atom. The number of aryl methyl sites for hydroxylation is 1. The minimum absolute atomic E-state index is 0.228. The summed E-state index contributed by atoms with van der Waals surface area (Å²) in [6, 6.07) is 16.4. The Bertz CT molecular complexity index is 1200. The van der Waals surface area contributed by atoms with E-state index in [0.717, 1.165) is 10.4 Å². The van der Waals surface area contributed by atoms with E-state index in [2.05, 4.69) is 19.2 Å². The number of thiophene rings is 1. The van der Waals surface area contributed by atoms with Crippen molar-refractivity contribution in [3.05, 3.63) is 76.1 Å². The number of amides is 2. The minimum atomic E-state index is -0.414. The Morgan fingerprint density at radius 2 is 1.79 bits per heavy atom. The molecule has 0 aliphatic carbocycles. The van der Waals surface area contributed by atoms with E-state index in [1.54, 1.807) is 31.4 Å². The average Bonchev–Trinajstić information content (AvgIpc) is 3.40. The van der Waals surface area contributed by atoms with Crippen molar-refractivity contribution in [1.29, 1.82) is 0 Å². The monoisotopic (exact) mass is 462 g/mol. The van der Waals surface area contributed by atoms with Crippen LogP contribution in [0.25, 0.3) is 5.57 Å². The van der Waals surface area contributed by atoms with Crippen LogP contribution in [-0.2, 0) is 9.59 Å². The average molecular weight is 463 g/mol. The van der Waals surface area contributed by atoms with Gasteiger partial charge in [0.15, 0.2) is 0 Å². The third kappa shape index (κ3) is 4.64. The van der Waals surface area contributed by atoms with Crippen LogP contribution in [-0.4, -0.2) is 25.5 Å². The smallest absolute Gasteiger partial charge is 0.282 e. The van der Waals surface area contributed by atoms with Crippen molar-refractivity contribution in [3.63, 3.8) is 0 Å². The first-order valence-corrected chi connectivity index (χ1v) is 11.6. The van der Waals surface area contributed by atoms with Crippen LogP contribution in [0, 0.1) is 12.8 Å². The van der Waals surface area contributed by atoms with E-state index in [-0.39, 0.29) is 11.6 Å². The van der Waals surface area contributed by atoms with Gasteiger partial charge in [-0.3, -0.25) is 9.59 Å². The summed E-state index contributed by atoms with van der Waals surface area (Å²) in [5, 5.41) is 5.07. The van der Waals surface area contributed by atoms with Crippen molar-refractivity contribution in [2.45, 2.75) is 20.8 Å². The number of rotatable bonds is 8. The quantitative estimate of drug-likeness (QED) is 0.448. The second kappa shape index (κ2) is 9.50. The fraction of sp³-hybridized carbons (Fsp3) is 0.231. The second-order valence-electron chi connectivity index (χ2n) is 8.20. The Balaban J connectivity index is 1.70. The van der Waals surface area contributed by atoms with Gasteiger partial charge in [-0.1, -0.05) is 26.0 Å². The number of carbonyl (C=O) groups excluding carboxylic acids is 2. The maximum absolute atomic E-state index is 13.5. The molecular weight excluding hydrogens is 436 g/mol. The van der Waals surface area contributed by atoms with Gasteiger partial charge in [-0.05, 0) is 66.2 Å². The molecule has 0 fully saturated rings. The molecule has 2 heterocycles. The van der Waals surface area contributed by atoms with Crippen LogP contribution in [0.1, 0.15) is 24.3 Å². The molecule has 1 aromatic heterocycles. The number of ether oxygens (including phenoxy) is 2. The predicted octanol–water partition coefficient (Wildman–Crippen LogP) is 5.50. The Kier molecular flexibility index (Phi) is 6.51. The highest BCUT2D eigenvalue weighted by molar-refractivity contribution is 7.11. The number of imide groups is 1. The van der Waals surface area contributed by atoms with Crippen molar-refractivity contribution in [1.82, 2.24) is 0 Å². The summed E-state index contributed by atoms with van der Waals surface area (Å²) in [7, 11) is 1.57. The Labute approximate surface area is 197 Å². The summed E-state index contributed by atoms with van der Waals surface area (Å²) >= 11 is 1.41. The SMILES string of the molecule is COc1ccc(C)cc1NC1=C(c2cccs2)C(=O)N(c2ccc(OCC(C)C)cc2)C1=O. The van der Waals surface area contributed by atoms with Gasteiger partial charge >= 0.3 is 0 Å². The van der Waals surface area contributed by atoms with Crippen molar-refractivity contribution in [2.75, 3.05) is 23.9 Å². The molecule has 7 heteroatoms. The van der Waals surface area contributed by atoms with Gasteiger partial charge in [0.05, 0.1) is 30.7 Å². The number of carbonyl (C=O) groups is 2. The van der Waals surface area contributed by atoms with Crippen LogP contribution in [0.3, 0.4) is 0 Å². The lowest BCUT2D eigenvalue weighted by Crippen LogP contribution is -2.32. The number of nitrogens with zero attached hydrogens (tertiary/aromatic N) is 1. The zero-order chi connectivity index (χ0) is 23.5. The lowest BCUT2D eigenvalue weighted by molar-refractivity contribution is -0.120. The van der Waals surface area contributed by atoms with Gasteiger partial charge in [0.1, 0.15) is 17.2 Å². The van der Waals surface area contributed by atoms with Gasteiger partial charge < -0.3 is 14.8 Å². The Morgan fingerprint density at radius 1 is 1.03 bits per heavy atom. The van der Waals surface area contributed by atoms with E-state index >= 15 is 0 Å². The summed E-state index contributed by atoms with van der Waals surface area (Å²) in [6.07, 6.45) is 0. The summed E-state index contributed by atoms with van der Waals surface area (Å²) in [5.41, 5.74) is 2.69. The molecule has 0 saturated heterocycles. The van der Waals surface area contributed by atoms with Crippen molar-refractivity contribution in [2.24, 2.45) is 5.92 Å². The standard InChI is InChI=1S/C26H26N2O4S/c1-16(2)15-32-19-10-8-18(9-11-19)28-25(29)23(22-6-5-13-33-22)24(26(28)30)27-20-14-17(3)7-12-21(20)31-4/h5-14,16,27H,15H2,1-4H3. The van der Waals surface area contributed by atoms with Crippen LogP contribution in [0.4, 0.5) is 11.4 Å². The molecule has 1 aliphatic heterocycles. The molecule has 6 nitrogen and oxygen atoms in total. The van der Waals surface area contributed by atoms with E-state index in [9.17, 15) is 9.59 Å². The maximum atomic E-state index is 13.5. The van der Waals surface area contributed by atoms with Gasteiger partial charge in [-0.25, -0.2) is 4.90 Å². The first-order chi connectivity index (χ1) is 15.9. The molecule has 4 rings (SSSR count). The van der Waals surface area contributed by atoms with Gasteiger partial charge in [-0.2, -0.15) is 0 Å². The molecule has 1 N–H and O–H groups in total. The number of benzene rings is 2. The fourth-order valence-corrected chi connectivity index (χ4v) is 4.31. The molecule has 2 aromatic carbocycles. The minimum Gasteiger partial charge on any atom is -0.495 e. The molecule has 0 bridgehead atoms. The zero-order valence-electron chi connectivity index (χ0n) is 19.0. The summed E-state index contributed by atoms with van der Waals surface area (Å²) < 4.78 is 11.2. The van der Waals surface area contributed by atoms with Gasteiger partial charge in [0, 0.05) is 4.88 Å². The van der Waals surface area contributed by atoms with Crippen LogP contribution >= 0.6 is 11.3 Å². The summed E-state index contributed by atoms with van der Waals surface area (Å²) in [5.74, 6) is 0.899. The largest absolute Gasteiger partial charge is 0.495 e. The lowest BCUT2D eigenvalue weighted by Gasteiger charge is -2.17. The molecule has 0 unspecified atom stereocenters. The highest BCUT2D eigenvalue weighted by atomic mass is 32.1. The normalized spacial score (nSPS) is 13.8. The van der Waals surface area contributed by atoms with E-state index in [0.29, 0.717) is 41.0 Å². The first-order valence-electron chi connectivity index (χ1n) is 10.7. The molecule has 1 aliphatic rings. The molecule has 170 valence electrons. The molecule has 2 amide bonds. The van der Waals surface area contributed by atoms with Gasteiger partial charge in [0.2, 0.25) is 0 Å². The molecule has 0 spiro atoms. The molecule has 3 aromatic rings. The zero-order valence-corrected chi connectivity index (χ0v) is 19.9. The number of anilines is 2. The topological polar surface area (TPSA) is 67.9 Å².